The van der Waals surface area contributed by atoms with Gasteiger partial charge in [-0.25, -0.2) is 0 Å². The highest BCUT2D eigenvalue weighted by molar-refractivity contribution is 5.99. The Morgan fingerprint density at radius 1 is 1.30 bits per heavy atom. The van der Waals surface area contributed by atoms with Crippen molar-refractivity contribution in [3.8, 4) is 0 Å². The number of carbonyl (C=O) groups excluding carboxylic acids is 1. The summed E-state index contributed by atoms with van der Waals surface area (Å²) in [7, 11) is 0. The molecule has 2 N–H and O–H groups in total. The summed E-state index contributed by atoms with van der Waals surface area (Å²) >= 11 is 0. The number of halogens is 3. The minimum Gasteiger partial charge on any atom is -0.398 e. The number of nitrogens with two attached hydrogens (primary N) is 1. The van der Waals surface area contributed by atoms with Crippen LogP contribution in [0.3, 0.4) is 0 Å². The van der Waals surface area contributed by atoms with E-state index in [-0.39, 0.29) is 12.1 Å². The van der Waals surface area contributed by atoms with Gasteiger partial charge in [-0.05, 0) is 30.9 Å². The molecule has 1 fully saturated rings. The van der Waals surface area contributed by atoms with Crippen LogP contribution in [0.1, 0.15) is 29.6 Å². The lowest BCUT2D eigenvalue weighted by Crippen LogP contribution is -2.36. The summed E-state index contributed by atoms with van der Waals surface area (Å²) in [5.74, 6) is -0.0867. The highest BCUT2D eigenvalue weighted by Gasteiger charge is 2.32. The summed E-state index contributed by atoms with van der Waals surface area (Å²) in [4.78, 5) is 13.6. The maximum absolute atomic E-state index is 12.4. The quantitative estimate of drug-likeness (QED) is 0.846. The van der Waals surface area contributed by atoms with Gasteiger partial charge in [-0.1, -0.05) is 12.1 Å². The summed E-state index contributed by atoms with van der Waals surface area (Å²) in [6.07, 6.45) is -3.30. The normalized spacial score (nSPS) is 15.2. The van der Waals surface area contributed by atoms with Crippen LogP contribution < -0.4 is 5.73 Å². The molecule has 1 aliphatic carbocycles. The Kier molecular flexibility index (Phi) is 4.20. The number of amides is 1. The van der Waals surface area contributed by atoms with Crippen molar-refractivity contribution in [3.05, 3.63) is 29.8 Å². The van der Waals surface area contributed by atoms with Gasteiger partial charge >= 0.3 is 6.18 Å². The molecular formula is C14H17F3N2O. The molecule has 1 saturated carbocycles. The van der Waals surface area contributed by atoms with Gasteiger partial charge in [0.15, 0.2) is 0 Å². The Morgan fingerprint density at radius 3 is 2.50 bits per heavy atom. The summed E-state index contributed by atoms with van der Waals surface area (Å²) in [5, 5.41) is 0. The second-order valence-electron chi connectivity index (χ2n) is 5.15. The van der Waals surface area contributed by atoms with Crippen molar-refractivity contribution < 1.29 is 18.0 Å². The first-order valence-electron chi connectivity index (χ1n) is 6.57. The topological polar surface area (TPSA) is 46.3 Å². The maximum atomic E-state index is 12.4. The Balaban J connectivity index is 2.09. The van der Waals surface area contributed by atoms with Gasteiger partial charge in [0.1, 0.15) is 0 Å². The van der Waals surface area contributed by atoms with E-state index in [4.69, 9.17) is 5.73 Å². The number of benzene rings is 1. The summed E-state index contributed by atoms with van der Waals surface area (Å²) < 4.78 is 37.1. The fourth-order valence-corrected chi connectivity index (χ4v) is 2.01. The second-order valence-corrected chi connectivity index (χ2v) is 5.15. The van der Waals surface area contributed by atoms with E-state index in [1.54, 1.807) is 24.3 Å². The molecule has 2 rings (SSSR count). The van der Waals surface area contributed by atoms with Crippen LogP contribution in [0.4, 0.5) is 18.9 Å². The second kappa shape index (κ2) is 5.73. The fraction of sp³-hybridized carbons (Fsp3) is 0.500. The van der Waals surface area contributed by atoms with E-state index in [0.717, 1.165) is 12.8 Å². The average Bonchev–Trinajstić information content (AvgIpc) is 3.17. The fourth-order valence-electron chi connectivity index (χ4n) is 2.01. The highest BCUT2D eigenvalue weighted by Crippen LogP contribution is 2.31. The number of rotatable bonds is 5. The van der Waals surface area contributed by atoms with Crippen LogP contribution in [0.15, 0.2) is 24.3 Å². The molecular weight excluding hydrogens is 269 g/mol. The molecule has 0 bridgehead atoms. The Bertz CT molecular complexity index is 484. The Labute approximate surface area is 115 Å². The number of alkyl halides is 3. The van der Waals surface area contributed by atoms with Crippen molar-refractivity contribution in [1.82, 2.24) is 4.90 Å². The summed E-state index contributed by atoms with van der Waals surface area (Å²) in [6.45, 7) is 0.0659. The largest absolute Gasteiger partial charge is 0.398 e. The van der Waals surface area contributed by atoms with Crippen LogP contribution in [0.5, 0.6) is 0 Å². The van der Waals surface area contributed by atoms with Crippen LogP contribution in [-0.2, 0) is 0 Å². The van der Waals surface area contributed by atoms with Gasteiger partial charge in [0.25, 0.3) is 5.91 Å². The van der Waals surface area contributed by atoms with E-state index in [2.05, 4.69) is 0 Å². The van der Waals surface area contributed by atoms with Gasteiger partial charge in [-0.3, -0.25) is 4.79 Å². The SMILES string of the molecule is Nc1ccccc1C(=O)N(CCC(F)(F)F)CC1CC1. The highest BCUT2D eigenvalue weighted by atomic mass is 19.4. The van der Waals surface area contributed by atoms with Crippen LogP contribution in [0.2, 0.25) is 0 Å². The molecule has 3 nitrogen and oxygen atoms in total. The molecule has 110 valence electrons. The molecule has 0 aromatic heterocycles. The molecule has 1 aromatic rings. The monoisotopic (exact) mass is 286 g/mol. The van der Waals surface area contributed by atoms with Gasteiger partial charge in [0.2, 0.25) is 0 Å². The van der Waals surface area contributed by atoms with E-state index in [0.29, 0.717) is 18.2 Å². The molecule has 20 heavy (non-hydrogen) atoms. The molecule has 0 saturated heterocycles. The smallest absolute Gasteiger partial charge is 0.390 e. The van der Waals surface area contributed by atoms with Gasteiger partial charge in [-0.15, -0.1) is 0 Å². The maximum Gasteiger partial charge on any atom is 0.390 e. The molecule has 0 radical (unpaired) electrons. The molecule has 0 aliphatic heterocycles. The van der Waals surface area contributed by atoms with Crippen LogP contribution >= 0.6 is 0 Å². The lowest BCUT2D eigenvalue weighted by atomic mass is 10.1. The minimum atomic E-state index is -4.26. The zero-order valence-corrected chi connectivity index (χ0v) is 11.0. The van der Waals surface area contributed by atoms with Crippen LogP contribution in [0, 0.1) is 5.92 Å². The van der Waals surface area contributed by atoms with Crippen molar-refractivity contribution in [1.29, 1.82) is 0 Å². The number of hydrogen-bond donors (Lipinski definition) is 1. The molecule has 1 aromatic carbocycles. The number of hydrogen-bond acceptors (Lipinski definition) is 2. The molecule has 0 heterocycles. The predicted octanol–water partition coefficient (Wildman–Crippen LogP) is 3.07. The van der Waals surface area contributed by atoms with E-state index in [1.807, 2.05) is 0 Å². The lowest BCUT2D eigenvalue weighted by Gasteiger charge is -2.24. The Morgan fingerprint density at radius 2 is 1.95 bits per heavy atom. The third-order valence-electron chi connectivity index (χ3n) is 3.32. The molecule has 0 unspecified atom stereocenters. The van der Waals surface area contributed by atoms with E-state index in [9.17, 15) is 18.0 Å². The van der Waals surface area contributed by atoms with Gasteiger partial charge in [-0.2, -0.15) is 13.2 Å². The molecule has 0 spiro atoms. The number of nitrogen functional groups attached to an aromatic ring is 1. The molecule has 1 amide bonds. The number of para-hydroxylation sites is 1. The minimum absolute atomic E-state index is 0.273. The number of nitrogens with zero attached hydrogens (tertiary/aromatic N) is 1. The van der Waals surface area contributed by atoms with Gasteiger partial charge in [0, 0.05) is 18.8 Å². The van der Waals surface area contributed by atoms with Crippen molar-refractivity contribution in [2.75, 3.05) is 18.8 Å². The predicted molar refractivity (Wildman–Crippen MR) is 70.2 cm³/mol. The van der Waals surface area contributed by atoms with Crippen molar-refractivity contribution in [2.45, 2.75) is 25.4 Å². The first-order chi connectivity index (χ1) is 9.37. The first-order valence-corrected chi connectivity index (χ1v) is 6.57. The van der Waals surface area contributed by atoms with Gasteiger partial charge in [0.05, 0.1) is 12.0 Å². The third kappa shape index (κ3) is 4.15. The lowest BCUT2D eigenvalue weighted by molar-refractivity contribution is -0.136. The zero-order chi connectivity index (χ0) is 14.8. The van der Waals surface area contributed by atoms with Crippen LogP contribution in [-0.4, -0.2) is 30.1 Å². The molecule has 0 atom stereocenters. The average molecular weight is 286 g/mol. The van der Waals surface area contributed by atoms with Gasteiger partial charge < -0.3 is 10.6 Å². The number of carbonyl (C=O) groups is 1. The molecule has 6 heteroatoms. The third-order valence-corrected chi connectivity index (χ3v) is 3.32. The van der Waals surface area contributed by atoms with Crippen LogP contribution in [0.25, 0.3) is 0 Å². The van der Waals surface area contributed by atoms with Crippen molar-refractivity contribution >= 4 is 11.6 Å². The van der Waals surface area contributed by atoms with E-state index < -0.39 is 18.5 Å². The standard InChI is InChI=1S/C14H17F3N2O/c15-14(16,17)7-8-19(9-10-5-6-10)13(20)11-3-1-2-4-12(11)18/h1-4,10H,5-9,18H2. The first kappa shape index (κ1) is 14.7. The van der Waals surface area contributed by atoms with E-state index >= 15 is 0 Å². The molecule has 1 aliphatic rings. The summed E-state index contributed by atoms with van der Waals surface area (Å²) in [6, 6.07) is 6.47. The van der Waals surface area contributed by atoms with Crippen molar-refractivity contribution in [2.24, 2.45) is 5.92 Å². The van der Waals surface area contributed by atoms with Crippen molar-refractivity contribution in [3.63, 3.8) is 0 Å². The summed E-state index contributed by atoms with van der Waals surface area (Å²) in [5.41, 5.74) is 6.29. The number of anilines is 1. The van der Waals surface area contributed by atoms with E-state index in [1.165, 1.54) is 4.90 Å². The Hall–Kier alpha value is -1.72. The zero-order valence-electron chi connectivity index (χ0n) is 11.0.